The van der Waals surface area contributed by atoms with E-state index >= 15 is 0 Å². The molecule has 0 amide bonds. The van der Waals surface area contributed by atoms with E-state index in [0.717, 1.165) is 12.8 Å². The van der Waals surface area contributed by atoms with Crippen LogP contribution >= 0.6 is 0 Å². The quantitative estimate of drug-likeness (QED) is 0.366. The van der Waals surface area contributed by atoms with Crippen molar-refractivity contribution in [1.82, 2.24) is 0 Å². The van der Waals surface area contributed by atoms with E-state index in [4.69, 9.17) is 0 Å². The van der Waals surface area contributed by atoms with Gasteiger partial charge in [-0.2, -0.15) is 0 Å². The van der Waals surface area contributed by atoms with E-state index in [-0.39, 0.29) is 0 Å². The van der Waals surface area contributed by atoms with Gasteiger partial charge in [0.25, 0.3) is 0 Å². The average molecular weight is 358 g/mol. The molecule has 0 radical (unpaired) electrons. The molecule has 0 fully saturated rings. The fraction of sp³-hybridized carbons (Fsp3) is 0.143. The molecule has 0 saturated carbocycles. The number of hydrogen-bond donors (Lipinski definition) is 0. The van der Waals surface area contributed by atoms with Crippen LogP contribution in [-0.4, -0.2) is 0 Å². The Morgan fingerprint density at radius 1 is 0.357 bits per heavy atom. The van der Waals surface area contributed by atoms with Gasteiger partial charge < -0.3 is 0 Å². The van der Waals surface area contributed by atoms with Gasteiger partial charge in [0.1, 0.15) is 0 Å². The summed E-state index contributed by atoms with van der Waals surface area (Å²) in [5, 5.41) is 0. The van der Waals surface area contributed by atoms with Gasteiger partial charge in [-0.3, -0.25) is 0 Å². The van der Waals surface area contributed by atoms with Gasteiger partial charge in [-0.15, -0.1) is 0 Å². The summed E-state index contributed by atoms with van der Waals surface area (Å²) in [6.45, 7) is 0. The summed E-state index contributed by atoms with van der Waals surface area (Å²) < 4.78 is 0. The van der Waals surface area contributed by atoms with E-state index in [0.29, 0.717) is 11.8 Å². The molecule has 6 rings (SSSR count). The van der Waals surface area contributed by atoms with Gasteiger partial charge in [0.2, 0.25) is 0 Å². The van der Waals surface area contributed by atoms with E-state index in [1.807, 2.05) is 0 Å². The van der Waals surface area contributed by atoms with Gasteiger partial charge in [0.15, 0.2) is 0 Å². The molecule has 134 valence electrons. The number of hydrogen-bond acceptors (Lipinski definition) is 0. The standard InChI is InChI=1S/C28H22/c1-5-13-23-19(9-1)17-20-10-2-6-14-24(20)27(23)28-25-15-7-3-11-21(25)18-22-12-4-8-16-26(22)28/h1-16,27-28H,17-18H2. The SMILES string of the molecule is c1ccc2c(c1)Cc1ccccc1C2C1c2ccccc2Cc2ccccc21. The maximum Gasteiger partial charge on any atom is 0.0205 e. The fourth-order valence-electron chi connectivity index (χ4n) is 5.46. The smallest absolute Gasteiger partial charge is 0.0205 e. The first kappa shape index (κ1) is 15.9. The second-order valence-corrected chi connectivity index (χ2v) is 8.10. The van der Waals surface area contributed by atoms with E-state index in [1.165, 1.54) is 44.5 Å². The molecular weight excluding hydrogens is 336 g/mol. The van der Waals surface area contributed by atoms with E-state index in [9.17, 15) is 0 Å². The van der Waals surface area contributed by atoms with Gasteiger partial charge in [-0.1, -0.05) is 97.1 Å². The monoisotopic (exact) mass is 358 g/mol. The van der Waals surface area contributed by atoms with Crippen molar-refractivity contribution in [2.75, 3.05) is 0 Å². The van der Waals surface area contributed by atoms with Crippen molar-refractivity contribution in [3.63, 3.8) is 0 Å². The molecule has 0 heterocycles. The highest BCUT2D eigenvalue weighted by atomic mass is 14.4. The van der Waals surface area contributed by atoms with Crippen LogP contribution in [0, 0.1) is 0 Å². The van der Waals surface area contributed by atoms with Gasteiger partial charge in [-0.25, -0.2) is 0 Å². The summed E-state index contributed by atoms with van der Waals surface area (Å²) >= 11 is 0. The lowest BCUT2D eigenvalue weighted by atomic mass is 9.64. The van der Waals surface area contributed by atoms with Crippen molar-refractivity contribution >= 4 is 0 Å². The minimum Gasteiger partial charge on any atom is -0.0620 e. The van der Waals surface area contributed by atoms with Crippen molar-refractivity contribution in [3.05, 3.63) is 142 Å². The molecule has 0 spiro atoms. The zero-order chi connectivity index (χ0) is 18.5. The first-order chi connectivity index (χ1) is 13.9. The Morgan fingerprint density at radius 2 is 0.607 bits per heavy atom. The molecular formula is C28H22. The number of fused-ring (bicyclic) bond motifs is 4. The maximum atomic E-state index is 2.36. The van der Waals surface area contributed by atoms with Crippen LogP contribution in [0.3, 0.4) is 0 Å². The molecule has 0 unspecified atom stereocenters. The Bertz CT molecular complexity index is 998. The summed E-state index contributed by atoms with van der Waals surface area (Å²) in [6, 6.07) is 36.3. The van der Waals surface area contributed by atoms with Crippen LogP contribution in [0.25, 0.3) is 0 Å². The third kappa shape index (κ3) is 2.31. The molecule has 28 heavy (non-hydrogen) atoms. The summed E-state index contributed by atoms with van der Waals surface area (Å²) in [4.78, 5) is 0. The van der Waals surface area contributed by atoms with Crippen LogP contribution in [-0.2, 0) is 12.8 Å². The van der Waals surface area contributed by atoms with Crippen molar-refractivity contribution < 1.29 is 0 Å². The first-order valence-corrected chi connectivity index (χ1v) is 10.2. The van der Waals surface area contributed by atoms with E-state index in [1.54, 1.807) is 0 Å². The summed E-state index contributed by atoms with van der Waals surface area (Å²) in [6.07, 6.45) is 2.08. The molecule has 0 nitrogen and oxygen atoms in total. The fourth-order valence-corrected chi connectivity index (χ4v) is 5.46. The second kappa shape index (κ2) is 6.21. The van der Waals surface area contributed by atoms with Crippen LogP contribution in [0.15, 0.2) is 97.1 Å². The largest absolute Gasteiger partial charge is 0.0620 e. The summed E-state index contributed by atoms with van der Waals surface area (Å²) in [7, 11) is 0. The van der Waals surface area contributed by atoms with Gasteiger partial charge in [0.05, 0.1) is 0 Å². The lowest BCUT2D eigenvalue weighted by molar-refractivity contribution is 0.647. The zero-order valence-electron chi connectivity index (χ0n) is 15.8. The van der Waals surface area contributed by atoms with Crippen molar-refractivity contribution in [3.8, 4) is 0 Å². The molecule has 0 heteroatoms. The molecule has 2 aliphatic rings. The highest BCUT2D eigenvalue weighted by Crippen LogP contribution is 2.51. The van der Waals surface area contributed by atoms with Crippen molar-refractivity contribution in [2.45, 2.75) is 24.7 Å². The van der Waals surface area contributed by atoms with Crippen LogP contribution in [0.5, 0.6) is 0 Å². The Kier molecular flexibility index (Phi) is 3.52. The first-order valence-electron chi connectivity index (χ1n) is 10.2. The number of benzene rings is 4. The average Bonchev–Trinajstić information content (AvgIpc) is 2.76. The Labute approximate surface area is 166 Å². The maximum absolute atomic E-state index is 2.36. The lowest BCUT2D eigenvalue weighted by Gasteiger charge is -2.39. The highest BCUT2D eigenvalue weighted by Gasteiger charge is 2.37. The van der Waals surface area contributed by atoms with Gasteiger partial charge in [-0.05, 0) is 57.3 Å². The topological polar surface area (TPSA) is 0 Å². The minimum atomic E-state index is 0.365. The second-order valence-electron chi connectivity index (χ2n) is 8.10. The summed E-state index contributed by atoms with van der Waals surface area (Å²) in [5.41, 5.74) is 11.9. The predicted molar refractivity (Wildman–Crippen MR) is 115 cm³/mol. The van der Waals surface area contributed by atoms with Crippen molar-refractivity contribution in [2.24, 2.45) is 0 Å². The third-order valence-electron chi connectivity index (χ3n) is 6.66. The Morgan fingerprint density at radius 3 is 0.893 bits per heavy atom. The number of rotatable bonds is 1. The molecule has 0 atom stereocenters. The molecule has 0 saturated heterocycles. The van der Waals surface area contributed by atoms with E-state index < -0.39 is 0 Å². The van der Waals surface area contributed by atoms with Crippen LogP contribution in [0.1, 0.15) is 56.3 Å². The van der Waals surface area contributed by atoms with Crippen LogP contribution < -0.4 is 0 Å². The normalized spacial score (nSPS) is 15.3. The third-order valence-corrected chi connectivity index (χ3v) is 6.66. The minimum absolute atomic E-state index is 0.365. The molecule has 0 bridgehead atoms. The molecule has 2 aliphatic carbocycles. The zero-order valence-corrected chi connectivity index (χ0v) is 15.8. The Balaban J connectivity index is 1.66. The van der Waals surface area contributed by atoms with Gasteiger partial charge in [0, 0.05) is 11.8 Å². The highest BCUT2D eigenvalue weighted by molar-refractivity contribution is 5.58. The molecule has 0 N–H and O–H groups in total. The van der Waals surface area contributed by atoms with Crippen molar-refractivity contribution in [1.29, 1.82) is 0 Å². The molecule has 0 aliphatic heterocycles. The molecule has 4 aromatic carbocycles. The van der Waals surface area contributed by atoms with Crippen LogP contribution in [0.2, 0.25) is 0 Å². The Hall–Kier alpha value is -3.12. The molecule has 0 aromatic heterocycles. The van der Waals surface area contributed by atoms with Gasteiger partial charge >= 0.3 is 0 Å². The van der Waals surface area contributed by atoms with E-state index in [2.05, 4.69) is 97.1 Å². The predicted octanol–water partition coefficient (Wildman–Crippen LogP) is 6.46. The molecule has 4 aromatic rings. The van der Waals surface area contributed by atoms with Crippen LogP contribution in [0.4, 0.5) is 0 Å². The summed E-state index contributed by atoms with van der Waals surface area (Å²) in [5.74, 6) is 0.729. The lowest BCUT2D eigenvalue weighted by Crippen LogP contribution is -2.25.